The number of alkyl halides is 1. The molecule has 0 aliphatic heterocycles. The maximum atomic E-state index is 6.31. The molecule has 4 nitrogen and oxygen atoms in total. The lowest BCUT2D eigenvalue weighted by atomic mass is 9.87. The van der Waals surface area contributed by atoms with Gasteiger partial charge in [-0.3, -0.25) is 0 Å². The lowest BCUT2D eigenvalue weighted by molar-refractivity contribution is 0.261. The first-order valence-electron chi connectivity index (χ1n) is 6.82. The van der Waals surface area contributed by atoms with Crippen molar-refractivity contribution in [2.75, 3.05) is 7.11 Å². The fraction of sp³-hybridized carbons (Fsp3) is 0.600. The summed E-state index contributed by atoms with van der Waals surface area (Å²) in [6.07, 6.45) is 0. The second-order valence-electron chi connectivity index (χ2n) is 6.19. The zero-order chi connectivity index (χ0) is 15.1. The van der Waals surface area contributed by atoms with Crippen LogP contribution in [0.3, 0.4) is 0 Å². The number of rotatable bonds is 3. The summed E-state index contributed by atoms with van der Waals surface area (Å²) in [4.78, 5) is 9.19. The molecular weight excluding hydrogens is 274 g/mol. The third kappa shape index (κ3) is 2.62. The molecule has 2 rings (SSSR count). The van der Waals surface area contributed by atoms with Gasteiger partial charge >= 0.3 is 0 Å². The van der Waals surface area contributed by atoms with E-state index < -0.39 is 0 Å². The topological polar surface area (TPSA) is 39.9 Å². The minimum absolute atomic E-state index is 0.0823. The van der Waals surface area contributed by atoms with E-state index in [4.69, 9.17) is 16.3 Å². The molecule has 0 aromatic carbocycles. The fourth-order valence-corrected chi connectivity index (χ4v) is 2.29. The number of methoxy groups -OCH3 is 1. The van der Waals surface area contributed by atoms with Crippen molar-refractivity contribution in [1.29, 1.82) is 0 Å². The summed E-state index contributed by atoms with van der Waals surface area (Å²) in [6, 6.07) is 3.98. The van der Waals surface area contributed by atoms with Gasteiger partial charge in [0, 0.05) is 12.1 Å². The molecule has 2 aromatic heterocycles. The molecule has 0 saturated carbocycles. The number of aromatic nitrogens is 3. The van der Waals surface area contributed by atoms with Crippen LogP contribution in [0.4, 0.5) is 0 Å². The molecule has 110 valence electrons. The van der Waals surface area contributed by atoms with E-state index in [1.807, 2.05) is 19.1 Å². The average Bonchev–Trinajstić information content (AvgIpc) is 2.74. The Morgan fingerprint density at radius 1 is 1.20 bits per heavy atom. The highest BCUT2D eigenvalue weighted by Gasteiger charge is 2.28. The number of imidazole rings is 1. The summed E-state index contributed by atoms with van der Waals surface area (Å²) in [5.41, 5.74) is 1.76. The third-order valence-electron chi connectivity index (χ3n) is 3.74. The van der Waals surface area contributed by atoms with Crippen LogP contribution in [0, 0.1) is 5.41 Å². The van der Waals surface area contributed by atoms with Gasteiger partial charge in [0.2, 0.25) is 5.88 Å². The van der Waals surface area contributed by atoms with E-state index in [0.717, 1.165) is 17.0 Å². The number of fused-ring (bicyclic) bond motifs is 1. The lowest BCUT2D eigenvalue weighted by Gasteiger charge is -2.30. The largest absolute Gasteiger partial charge is 0.481 e. The van der Waals surface area contributed by atoms with Crippen LogP contribution >= 0.6 is 11.6 Å². The van der Waals surface area contributed by atoms with E-state index in [1.165, 1.54) is 0 Å². The molecule has 20 heavy (non-hydrogen) atoms. The molecule has 2 aromatic rings. The number of nitrogens with zero attached hydrogens (tertiary/aromatic N) is 3. The Bertz CT molecular complexity index is 613. The van der Waals surface area contributed by atoms with E-state index in [-0.39, 0.29) is 16.8 Å². The van der Waals surface area contributed by atoms with Crippen LogP contribution in [-0.4, -0.2) is 21.6 Å². The number of hydrogen-bond donors (Lipinski definition) is 0. The second kappa shape index (κ2) is 5.24. The molecule has 0 bridgehead atoms. The van der Waals surface area contributed by atoms with Gasteiger partial charge in [0.1, 0.15) is 11.3 Å². The number of pyridine rings is 1. The highest BCUT2D eigenvalue weighted by atomic mass is 35.5. The zero-order valence-corrected chi connectivity index (χ0v) is 13.7. The summed E-state index contributed by atoms with van der Waals surface area (Å²) in [5, 5.41) is -0.167. The Hall–Kier alpha value is -1.29. The number of hydrogen-bond acceptors (Lipinski definition) is 3. The Balaban J connectivity index is 2.72. The maximum absolute atomic E-state index is 6.31. The van der Waals surface area contributed by atoms with Crippen LogP contribution in [0.5, 0.6) is 5.88 Å². The molecule has 0 fully saturated rings. The molecule has 2 atom stereocenters. The molecule has 0 radical (unpaired) electrons. The normalized spacial score (nSPS) is 15.3. The molecule has 0 N–H and O–H groups in total. The van der Waals surface area contributed by atoms with Crippen molar-refractivity contribution >= 4 is 22.8 Å². The SMILES string of the molecule is COc1ccc2nc(C(C)Cl)n(C(C)C(C)(C)C)c2n1. The van der Waals surface area contributed by atoms with Gasteiger partial charge in [0.15, 0.2) is 5.65 Å². The smallest absolute Gasteiger partial charge is 0.215 e. The Labute approximate surface area is 125 Å². The predicted molar refractivity (Wildman–Crippen MR) is 82.5 cm³/mol. The van der Waals surface area contributed by atoms with Crippen LogP contribution in [0.25, 0.3) is 11.2 Å². The first-order chi connectivity index (χ1) is 9.25. The van der Waals surface area contributed by atoms with Crippen molar-refractivity contribution in [3.05, 3.63) is 18.0 Å². The van der Waals surface area contributed by atoms with Gasteiger partial charge in [-0.25, -0.2) is 4.98 Å². The van der Waals surface area contributed by atoms with Gasteiger partial charge < -0.3 is 9.30 Å². The van der Waals surface area contributed by atoms with Crippen LogP contribution < -0.4 is 4.74 Å². The van der Waals surface area contributed by atoms with Crippen molar-refractivity contribution in [1.82, 2.24) is 14.5 Å². The van der Waals surface area contributed by atoms with E-state index in [9.17, 15) is 0 Å². The first kappa shape index (κ1) is 15.1. The van der Waals surface area contributed by atoms with E-state index in [1.54, 1.807) is 7.11 Å². The lowest BCUT2D eigenvalue weighted by Crippen LogP contribution is -2.23. The van der Waals surface area contributed by atoms with E-state index in [2.05, 4.69) is 42.2 Å². The first-order valence-corrected chi connectivity index (χ1v) is 7.26. The highest BCUT2D eigenvalue weighted by Crippen LogP contribution is 2.36. The fourth-order valence-electron chi connectivity index (χ4n) is 2.14. The van der Waals surface area contributed by atoms with Crippen molar-refractivity contribution < 1.29 is 4.74 Å². The molecule has 0 saturated heterocycles. The van der Waals surface area contributed by atoms with Crippen LogP contribution in [0.15, 0.2) is 12.1 Å². The quantitative estimate of drug-likeness (QED) is 0.791. The predicted octanol–water partition coefficient (Wildman–Crippen LogP) is 4.35. The molecule has 0 spiro atoms. The Morgan fingerprint density at radius 2 is 1.85 bits per heavy atom. The summed E-state index contributed by atoms with van der Waals surface area (Å²) in [6.45, 7) is 10.7. The standard InChI is InChI=1S/C15H22ClN3O/c1-9(16)13-17-11-7-8-12(20-6)18-14(11)19(13)10(2)15(3,4)5/h7-10H,1-6H3. The van der Waals surface area contributed by atoms with Crippen molar-refractivity contribution in [2.45, 2.75) is 46.0 Å². The monoisotopic (exact) mass is 295 g/mol. The molecule has 0 aliphatic rings. The van der Waals surface area contributed by atoms with Crippen molar-refractivity contribution in [2.24, 2.45) is 5.41 Å². The molecule has 0 amide bonds. The van der Waals surface area contributed by atoms with Gasteiger partial charge in [-0.05, 0) is 25.3 Å². The number of ether oxygens (including phenoxy) is 1. The van der Waals surface area contributed by atoms with Crippen molar-refractivity contribution in [3.8, 4) is 5.88 Å². The summed E-state index contributed by atoms with van der Waals surface area (Å²) >= 11 is 6.31. The molecule has 5 heteroatoms. The third-order valence-corrected chi connectivity index (χ3v) is 3.94. The minimum Gasteiger partial charge on any atom is -0.481 e. The average molecular weight is 296 g/mol. The van der Waals surface area contributed by atoms with Crippen molar-refractivity contribution in [3.63, 3.8) is 0 Å². The van der Waals surface area contributed by atoms with Gasteiger partial charge in [-0.15, -0.1) is 11.6 Å². The highest BCUT2D eigenvalue weighted by molar-refractivity contribution is 6.20. The molecule has 2 unspecified atom stereocenters. The van der Waals surface area contributed by atoms with Crippen LogP contribution in [0.1, 0.15) is 51.9 Å². The summed E-state index contributed by atoms with van der Waals surface area (Å²) in [5.74, 6) is 1.44. The molecule has 0 aliphatic carbocycles. The van der Waals surface area contributed by atoms with Crippen LogP contribution in [-0.2, 0) is 0 Å². The molecule has 2 heterocycles. The maximum Gasteiger partial charge on any atom is 0.215 e. The van der Waals surface area contributed by atoms with Gasteiger partial charge in [0.25, 0.3) is 0 Å². The minimum atomic E-state index is -0.167. The Kier molecular flexibility index (Phi) is 3.96. The van der Waals surface area contributed by atoms with Gasteiger partial charge in [0.05, 0.1) is 12.5 Å². The zero-order valence-electron chi connectivity index (χ0n) is 12.9. The van der Waals surface area contributed by atoms with E-state index in [0.29, 0.717) is 5.88 Å². The van der Waals surface area contributed by atoms with Gasteiger partial charge in [-0.2, -0.15) is 4.98 Å². The Morgan fingerprint density at radius 3 is 2.35 bits per heavy atom. The second-order valence-corrected chi connectivity index (χ2v) is 6.85. The van der Waals surface area contributed by atoms with Crippen LogP contribution in [0.2, 0.25) is 0 Å². The molecular formula is C15H22ClN3O. The number of halogens is 1. The summed E-state index contributed by atoms with van der Waals surface area (Å²) in [7, 11) is 1.62. The van der Waals surface area contributed by atoms with E-state index >= 15 is 0 Å². The van der Waals surface area contributed by atoms with Gasteiger partial charge in [-0.1, -0.05) is 20.8 Å². The summed E-state index contributed by atoms with van der Waals surface area (Å²) < 4.78 is 7.36.